The summed E-state index contributed by atoms with van der Waals surface area (Å²) < 4.78 is 41.4. The summed E-state index contributed by atoms with van der Waals surface area (Å²) in [5, 5.41) is 16.9. The van der Waals surface area contributed by atoms with E-state index >= 15 is 0 Å². The number of hydrogen-bond donors (Lipinski definition) is 3. The minimum Gasteiger partial charge on any atom is -0.455 e. The maximum absolute atomic E-state index is 14.0. The lowest BCUT2D eigenvalue weighted by Gasteiger charge is -2.41. The normalized spacial score (nSPS) is 19.0. The molecule has 342 valence electrons. The lowest BCUT2D eigenvalue weighted by atomic mass is 9.72. The summed E-state index contributed by atoms with van der Waals surface area (Å²) in [6.45, 7) is 12.6. The number of pyridine rings is 1. The number of ether oxygens (including phenoxy) is 2. The molecule has 0 unspecified atom stereocenters. The molecular weight excluding hydrogens is 868 g/mol. The Morgan fingerprint density at radius 1 is 1.00 bits per heavy atom. The number of halogens is 1. The molecule has 3 N–H and O–H groups in total. The molecule has 5 heterocycles. The number of aromatic amines is 1. The first-order valence-electron chi connectivity index (χ1n) is 22.4. The highest BCUT2D eigenvalue weighted by Crippen LogP contribution is 2.43. The van der Waals surface area contributed by atoms with E-state index in [1.165, 1.54) is 35.0 Å². The van der Waals surface area contributed by atoms with E-state index in [1.54, 1.807) is 30.5 Å². The lowest BCUT2D eigenvalue weighted by Crippen LogP contribution is -2.52. The van der Waals surface area contributed by atoms with Crippen molar-refractivity contribution in [1.29, 1.82) is 0 Å². The van der Waals surface area contributed by atoms with Crippen LogP contribution in [-0.2, 0) is 14.8 Å². The van der Waals surface area contributed by atoms with Crippen molar-refractivity contribution in [3.63, 3.8) is 0 Å². The second kappa shape index (κ2) is 18.8. The number of nitro groups is 1. The van der Waals surface area contributed by atoms with Crippen LogP contribution in [0.3, 0.4) is 0 Å². The van der Waals surface area contributed by atoms with Gasteiger partial charge in [0.25, 0.3) is 21.6 Å². The van der Waals surface area contributed by atoms with Crippen LogP contribution in [0.2, 0.25) is 5.02 Å². The smallest absolute Gasteiger partial charge is 0.293 e. The lowest BCUT2D eigenvalue weighted by molar-refractivity contribution is -0.384. The number of sulfonamides is 1. The quantitative estimate of drug-likeness (QED) is 0.0719. The zero-order chi connectivity index (χ0) is 45.3. The highest BCUT2D eigenvalue weighted by atomic mass is 35.5. The summed E-state index contributed by atoms with van der Waals surface area (Å²) in [7, 11) is -4.56. The number of rotatable bonds is 14. The topological polar surface area (TPSA) is 175 Å². The first-order chi connectivity index (χ1) is 31.3. The average molecular weight is 924 g/mol. The molecule has 65 heavy (non-hydrogen) atoms. The molecule has 5 aromatic rings. The monoisotopic (exact) mass is 922 g/mol. The summed E-state index contributed by atoms with van der Waals surface area (Å²) in [5.41, 5.74) is 5.60. The van der Waals surface area contributed by atoms with Crippen LogP contribution in [0.1, 0.15) is 61.9 Å². The van der Waals surface area contributed by atoms with Crippen molar-refractivity contribution in [1.82, 2.24) is 24.5 Å². The third-order valence-corrected chi connectivity index (χ3v) is 15.0. The standard InChI is InChI=1S/C48H55ClN8O7S/c1-48(2)15-11-35(42(26-48)33-3-5-36(49)6-4-33)29-54-19-21-56(22-20-54)37-7-9-41(45(24-37)64-39-23-34-12-16-50-46(34)52-28-39)47(58)53-65(61,62)40-8-10-43(44(25-40)57(59)60)51-27-32-13-17-55(18-14-32)38-30-63-31-38/h3-10,12,16,23-25,28,32,38,51H,11,13-15,17-22,26-27,29-31H2,1-2H3,(H,50,52)(H,53,58). The Bertz CT molecular complexity index is 2710. The van der Waals surface area contributed by atoms with Crippen LogP contribution in [0, 0.1) is 21.4 Å². The molecule has 0 bridgehead atoms. The minimum atomic E-state index is -4.56. The van der Waals surface area contributed by atoms with Crippen LogP contribution in [-0.4, -0.2) is 111 Å². The maximum atomic E-state index is 14.0. The molecule has 3 saturated heterocycles. The predicted molar refractivity (Wildman–Crippen MR) is 252 cm³/mol. The van der Waals surface area contributed by atoms with E-state index in [2.05, 4.69) is 60.7 Å². The van der Waals surface area contributed by atoms with Gasteiger partial charge in [-0.15, -0.1) is 0 Å². The number of nitrogens with one attached hydrogen (secondary N) is 3. The van der Waals surface area contributed by atoms with E-state index in [0.717, 1.165) is 113 Å². The first-order valence-corrected chi connectivity index (χ1v) is 24.2. The largest absolute Gasteiger partial charge is 0.455 e. The average Bonchev–Trinajstić information content (AvgIpc) is 3.74. The van der Waals surface area contributed by atoms with Crippen LogP contribution < -0.4 is 19.7 Å². The molecule has 0 atom stereocenters. The number of benzene rings is 3. The first kappa shape index (κ1) is 44.7. The van der Waals surface area contributed by atoms with Crippen molar-refractivity contribution < 1.29 is 27.6 Å². The SMILES string of the molecule is CC1(C)CCC(CN2CCN(c3ccc(C(=O)NS(=O)(=O)c4ccc(NCC5CCN(C6COC6)CC5)c([N+](=O)[O-])c4)c(Oc4cnc5[nH]ccc5c4)c3)CC2)=C(c2ccc(Cl)cc2)C1. The van der Waals surface area contributed by atoms with Gasteiger partial charge in [-0.1, -0.05) is 43.2 Å². The number of piperazine rings is 1. The number of nitrogens with zero attached hydrogens (tertiary/aromatic N) is 5. The molecule has 0 saturated carbocycles. The molecule has 3 fully saturated rings. The number of amides is 1. The Hall–Kier alpha value is -5.52. The van der Waals surface area contributed by atoms with Crippen molar-refractivity contribution in [2.24, 2.45) is 11.3 Å². The maximum Gasteiger partial charge on any atom is 0.293 e. The van der Waals surface area contributed by atoms with Crippen molar-refractivity contribution in [3.05, 3.63) is 117 Å². The Morgan fingerprint density at radius 2 is 1.77 bits per heavy atom. The molecule has 17 heteroatoms. The number of piperidine rings is 1. The number of likely N-dealkylation sites (tertiary alicyclic amines) is 1. The van der Waals surface area contributed by atoms with Crippen LogP contribution in [0.25, 0.3) is 16.6 Å². The fraction of sp³-hybridized carbons (Fsp3) is 0.417. The third-order valence-electron chi connectivity index (χ3n) is 13.4. The van der Waals surface area contributed by atoms with E-state index in [4.69, 9.17) is 21.1 Å². The number of H-pyrrole nitrogens is 1. The molecule has 15 nitrogen and oxygen atoms in total. The second-order valence-corrected chi connectivity index (χ2v) is 20.6. The van der Waals surface area contributed by atoms with Gasteiger partial charge in [-0.25, -0.2) is 18.1 Å². The van der Waals surface area contributed by atoms with Gasteiger partial charge in [0.15, 0.2) is 0 Å². The molecular formula is C48H55ClN8O7S. The van der Waals surface area contributed by atoms with Gasteiger partial charge >= 0.3 is 0 Å². The molecule has 0 radical (unpaired) electrons. The summed E-state index contributed by atoms with van der Waals surface area (Å²) in [4.78, 5) is 39.8. The third kappa shape index (κ3) is 10.3. The number of hydrogen-bond acceptors (Lipinski definition) is 12. The van der Waals surface area contributed by atoms with Crippen molar-refractivity contribution in [2.45, 2.75) is 56.9 Å². The van der Waals surface area contributed by atoms with Gasteiger partial charge in [0, 0.05) is 73.7 Å². The molecule has 3 aromatic carbocycles. The van der Waals surface area contributed by atoms with E-state index in [-0.39, 0.29) is 22.4 Å². The zero-order valence-electron chi connectivity index (χ0n) is 36.7. The highest BCUT2D eigenvalue weighted by Gasteiger charge is 2.32. The molecule has 3 aliphatic heterocycles. The Balaban J connectivity index is 0.901. The molecule has 9 rings (SSSR count). The Labute approximate surface area is 384 Å². The van der Waals surface area contributed by atoms with Crippen molar-refractivity contribution in [2.75, 3.05) is 75.8 Å². The zero-order valence-corrected chi connectivity index (χ0v) is 38.3. The van der Waals surface area contributed by atoms with Gasteiger partial charge in [-0.3, -0.25) is 24.7 Å². The van der Waals surface area contributed by atoms with Crippen LogP contribution in [0.4, 0.5) is 17.1 Å². The molecule has 2 aromatic heterocycles. The molecule has 1 amide bonds. The van der Waals surface area contributed by atoms with Gasteiger partial charge in [0.2, 0.25) is 0 Å². The number of carbonyl (C=O) groups is 1. The van der Waals surface area contributed by atoms with Crippen LogP contribution >= 0.6 is 11.6 Å². The van der Waals surface area contributed by atoms with E-state index in [1.807, 2.05) is 18.2 Å². The Morgan fingerprint density at radius 3 is 2.49 bits per heavy atom. The minimum absolute atomic E-state index is 0.0318. The summed E-state index contributed by atoms with van der Waals surface area (Å²) in [6.07, 6.45) is 8.38. The summed E-state index contributed by atoms with van der Waals surface area (Å²) >= 11 is 6.25. The predicted octanol–water partition coefficient (Wildman–Crippen LogP) is 8.34. The number of allylic oxidation sites excluding steroid dienone is 1. The van der Waals surface area contributed by atoms with Crippen LogP contribution in [0.15, 0.2) is 95.7 Å². The molecule has 0 spiro atoms. The van der Waals surface area contributed by atoms with E-state index in [9.17, 15) is 23.3 Å². The molecule has 1 aliphatic carbocycles. The van der Waals surface area contributed by atoms with Crippen molar-refractivity contribution >= 4 is 61.2 Å². The van der Waals surface area contributed by atoms with E-state index in [0.29, 0.717) is 29.9 Å². The highest BCUT2D eigenvalue weighted by molar-refractivity contribution is 7.90. The van der Waals surface area contributed by atoms with Gasteiger partial charge in [0.05, 0.1) is 40.8 Å². The molecule has 4 aliphatic rings. The number of carbonyl (C=O) groups excluding carboxylic acids is 1. The van der Waals surface area contributed by atoms with E-state index < -0.39 is 31.4 Å². The van der Waals surface area contributed by atoms with Gasteiger partial charge in [-0.2, -0.15) is 0 Å². The van der Waals surface area contributed by atoms with Gasteiger partial charge in [0.1, 0.15) is 22.8 Å². The fourth-order valence-corrected chi connectivity index (χ4v) is 10.5. The number of fused-ring (bicyclic) bond motifs is 1. The number of anilines is 2. The summed E-state index contributed by atoms with van der Waals surface area (Å²) in [5.74, 6) is -0.144. The van der Waals surface area contributed by atoms with Crippen LogP contribution in [0.5, 0.6) is 11.5 Å². The number of aromatic nitrogens is 2. The Kier molecular flexibility index (Phi) is 12.9. The van der Waals surface area contributed by atoms with Gasteiger partial charge in [-0.05, 0) is 116 Å². The second-order valence-electron chi connectivity index (χ2n) is 18.5. The van der Waals surface area contributed by atoms with Gasteiger partial charge < -0.3 is 24.7 Å². The van der Waals surface area contributed by atoms with Crippen molar-refractivity contribution in [3.8, 4) is 11.5 Å². The fourth-order valence-electron chi connectivity index (χ4n) is 9.41. The number of nitro benzene ring substituents is 1. The summed E-state index contributed by atoms with van der Waals surface area (Å²) in [6, 6.07) is 21.0.